The van der Waals surface area contributed by atoms with Crippen LogP contribution in [0.25, 0.3) is 11.0 Å². The number of carbonyl (C=O) groups is 2. The van der Waals surface area contributed by atoms with Crippen LogP contribution >= 0.6 is 0 Å². The number of hydrogen-bond donors (Lipinski definition) is 1. The first-order valence-electron chi connectivity index (χ1n) is 9.86. The summed E-state index contributed by atoms with van der Waals surface area (Å²) in [6.07, 6.45) is 0.247. The molecule has 7 heteroatoms. The second kappa shape index (κ2) is 8.49. The van der Waals surface area contributed by atoms with Crippen molar-refractivity contribution in [1.82, 2.24) is 9.55 Å². The molecule has 0 atom stereocenters. The lowest BCUT2D eigenvalue weighted by molar-refractivity contribution is -0.118. The number of para-hydroxylation sites is 2. The van der Waals surface area contributed by atoms with Crippen molar-refractivity contribution in [2.75, 3.05) is 17.3 Å². The molecule has 0 radical (unpaired) electrons. The number of carbonyl (C=O) groups excluding carboxylic acids is 2. The minimum Gasteiger partial charge on any atom is -0.324 e. The van der Waals surface area contributed by atoms with Gasteiger partial charge in [-0.05, 0) is 44.0 Å². The van der Waals surface area contributed by atoms with Crippen LogP contribution in [0, 0.1) is 20.8 Å². The summed E-state index contributed by atoms with van der Waals surface area (Å²) in [6, 6.07) is 11.1. The molecule has 156 valence electrons. The van der Waals surface area contributed by atoms with E-state index in [2.05, 4.69) is 10.3 Å². The zero-order valence-electron chi connectivity index (χ0n) is 17.9. The van der Waals surface area contributed by atoms with Gasteiger partial charge < -0.3 is 5.32 Å². The SMILES string of the molecule is CCC(=O)N(C)c1nc2ccccc2n(CC(=O)Nc2c(C)cc(C)cc2C)c1=O. The van der Waals surface area contributed by atoms with Gasteiger partial charge in [0.25, 0.3) is 5.56 Å². The third kappa shape index (κ3) is 4.10. The van der Waals surface area contributed by atoms with Gasteiger partial charge in [-0.3, -0.25) is 23.9 Å². The second-order valence-corrected chi connectivity index (χ2v) is 7.44. The minimum absolute atomic E-state index is 0.0102. The molecule has 7 nitrogen and oxygen atoms in total. The first kappa shape index (κ1) is 21.2. The highest BCUT2D eigenvalue weighted by molar-refractivity contribution is 5.94. The number of amides is 2. The Labute approximate surface area is 175 Å². The molecule has 0 bridgehead atoms. The molecule has 0 spiro atoms. The lowest BCUT2D eigenvalue weighted by atomic mass is 10.1. The lowest BCUT2D eigenvalue weighted by Gasteiger charge is -2.18. The number of nitrogens with one attached hydrogen (secondary N) is 1. The second-order valence-electron chi connectivity index (χ2n) is 7.44. The van der Waals surface area contributed by atoms with Crippen LogP contribution in [0.4, 0.5) is 11.5 Å². The Balaban J connectivity index is 2.03. The molecule has 0 unspecified atom stereocenters. The number of nitrogens with zero attached hydrogens (tertiary/aromatic N) is 3. The fourth-order valence-electron chi connectivity index (χ4n) is 3.61. The van der Waals surface area contributed by atoms with Gasteiger partial charge >= 0.3 is 0 Å². The molecule has 1 aromatic heterocycles. The Morgan fingerprint density at radius 2 is 1.73 bits per heavy atom. The average molecular weight is 406 g/mol. The molecule has 1 heterocycles. The number of benzene rings is 2. The highest BCUT2D eigenvalue weighted by Crippen LogP contribution is 2.22. The molecular weight excluding hydrogens is 380 g/mol. The van der Waals surface area contributed by atoms with Gasteiger partial charge in [-0.25, -0.2) is 4.98 Å². The molecule has 3 aromatic rings. The zero-order chi connectivity index (χ0) is 22.0. The quantitative estimate of drug-likeness (QED) is 0.704. The molecular formula is C23H26N4O3. The maximum absolute atomic E-state index is 13.1. The summed E-state index contributed by atoms with van der Waals surface area (Å²) in [6.45, 7) is 7.41. The molecule has 2 amide bonds. The normalized spacial score (nSPS) is 10.8. The van der Waals surface area contributed by atoms with Gasteiger partial charge in [0.15, 0.2) is 0 Å². The van der Waals surface area contributed by atoms with Crippen molar-refractivity contribution in [3.8, 4) is 0 Å². The van der Waals surface area contributed by atoms with E-state index in [0.717, 1.165) is 22.4 Å². The highest BCUT2D eigenvalue weighted by atomic mass is 16.2. The van der Waals surface area contributed by atoms with E-state index >= 15 is 0 Å². The Bertz CT molecular complexity index is 1170. The predicted octanol–water partition coefficient (Wildman–Crippen LogP) is 3.33. The fourth-order valence-corrected chi connectivity index (χ4v) is 3.61. The van der Waals surface area contributed by atoms with Crippen LogP contribution in [0.3, 0.4) is 0 Å². The Morgan fingerprint density at radius 3 is 2.37 bits per heavy atom. The van der Waals surface area contributed by atoms with E-state index < -0.39 is 5.56 Å². The van der Waals surface area contributed by atoms with Gasteiger partial charge in [0, 0.05) is 19.2 Å². The van der Waals surface area contributed by atoms with Crippen LogP contribution < -0.4 is 15.8 Å². The van der Waals surface area contributed by atoms with Crippen molar-refractivity contribution in [3.63, 3.8) is 0 Å². The van der Waals surface area contributed by atoms with Crippen molar-refractivity contribution in [2.45, 2.75) is 40.7 Å². The smallest absolute Gasteiger partial charge is 0.294 e. The third-order valence-corrected chi connectivity index (χ3v) is 5.07. The van der Waals surface area contributed by atoms with Gasteiger partial charge in [0.2, 0.25) is 17.6 Å². The van der Waals surface area contributed by atoms with Gasteiger partial charge in [-0.2, -0.15) is 0 Å². The third-order valence-electron chi connectivity index (χ3n) is 5.07. The largest absolute Gasteiger partial charge is 0.324 e. The van der Waals surface area contributed by atoms with E-state index in [9.17, 15) is 14.4 Å². The van der Waals surface area contributed by atoms with Crippen LogP contribution in [0.1, 0.15) is 30.0 Å². The van der Waals surface area contributed by atoms with E-state index in [1.807, 2.05) is 32.9 Å². The Hall–Kier alpha value is -3.48. The molecule has 1 N–H and O–H groups in total. The number of aromatic nitrogens is 2. The molecule has 0 saturated carbocycles. The van der Waals surface area contributed by atoms with Crippen LogP contribution in [0.5, 0.6) is 0 Å². The summed E-state index contributed by atoms with van der Waals surface area (Å²) >= 11 is 0. The topological polar surface area (TPSA) is 84.3 Å². The van der Waals surface area contributed by atoms with Gasteiger partial charge in [-0.15, -0.1) is 0 Å². The molecule has 0 aliphatic carbocycles. The van der Waals surface area contributed by atoms with E-state index in [1.54, 1.807) is 31.2 Å². The summed E-state index contributed by atoms with van der Waals surface area (Å²) in [7, 11) is 1.52. The molecule has 30 heavy (non-hydrogen) atoms. The minimum atomic E-state index is -0.481. The monoisotopic (exact) mass is 406 g/mol. The number of hydrogen-bond acceptors (Lipinski definition) is 4. The fraction of sp³-hybridized carbons (Fsp3) is 0.304. The van der Waals surface area contributed by atoms with Crippen molar-refractivity contribution < 1.29 is 9.59 Å². The maximum atomic E-state index is 13.1. The molecule has 0 aliphatic heterocycles. The van der Waals surface area contributed by atoms with Gasteiger partial charge in [0.1, 0.15) is 6.54 Å². The van der Waals surface area contributed by atoms with E-state index in [1.165, 1.54) is 16.5 Å². The van der Waals surface area contributed by atoms with Crippen molar-refractivity contribution in [3.05, 3.63) is 63.4 Å². The molecule has 0 saturated heterocycles. The summed E-state index contributed by atoms with van der Waals surface area (Å²) < 4.78 is 1.37. The lowest BCUT2D eigenvalue weighted by Crippen LogP contribution is -2.36. The Morgan fingerprint density at radius 1 is 1.10 bits per heavy atom. The number of rotatable bonds is 5. The van der Waals surface area contributed by atoms with Crippen molar-refractivity contribution in [1.29, 1.82) is 0 Å². The Kier molecular flexibility index (Phi) is 6.01. The van der Waals surface area contributed by atoms with Crippen LogP contribution in [-0.2, 0) is 16.1 Å². The standard InChI is InChI=1S/C23H26N4O3/c1-6-20(29)26(5)22-23(30)27(18-10-8-7-9-17(18)24-22)13-19(28)25-21-15(3)11-14(2)12-16(21)4/h7-12H,6,13H2,1-5H3,(H,25,28). The summed E-state index contributed by atoms with van der Waals surface area (Å²) in [5.74, 6) is -0.535. The molecule has 0 fully saturated rings. The highest BCUT2D eigenvalue weighted by Gasteiger charge is 2.20. The van der Waals surface area contributed by atoms with Crippen molar-refractivity contribution in [2.24, 2.45) is 0 Å². The predicted molar refractivity (Wildman–Crippen MR) is 119 cm³/mol. The van der Waals surface area contributed by atoms with Crippen LogP contribution in [0.15, 0.2) is 41.2 Å². The average Bonchev–Trinajstić information content (AvgIpc) is 2.71. The van der Waals surface area contributed by atoms with E-state index in [0.29, 0.717) is 11.0 Å². The molecule has 3 rings (SSSR count). The zero-order valence-corrected chi connectivity index (χ0v) is 17.9. The summed E-state index contributed by atoms with van der Waals surface area (Å²) in [5.41, 5.74) is 4.38. The number of aryl methyl sites for hydroxylation is 3. The van der Waals surface area contributed by atoms with Crippen LogP contribution in [-0.4, -0.2) is 28.4 Å². The van der Waals surface area contributed by atoms with E-state index in [-0.39, 0.29) is 30.6 Å². The van der Waals surface area contributed by atoms with Gasteiger partial charge in [0.05, 0.1) is 11.0 Å². The van der Waals surface area contributed by atoms with Crippen molar-refractivity contribution >= 4 is 34.4 Å². The van der Waals surface area contributed by atoms with Crippen LogP contribution in [0.2, 0.25) is 0 Å². The number of fused-ring (bicyclic) bond motifs is 1. The first-order chi connectivity index (χ1) is 14.2. The molecule has 2 aromatic carbocycles. The van der Waals surface area contributed by atoms with Gasteiger partial charge in [-0.1, -0.05) is 36.8 Å². The first-order valence-corrected chi connectivity index (χ1v) is 9.86. The number of anilines is 2. The van der Waals surface area contributed by atoms with E-state index in [4.69, 9.17) is 0 Å². The maximum Gasteiger partial charge on any atom is 0.294 e. The molecule has 0 aliphatic rings. The summed E-state index contributed by atoms with van der Waals surface area (Å²) in [5, 5.41) is 2.93. The summed E-state index contributed by atoms with van der Waals surface area (Å²) in [4.78, 5) is 43.8.